The number of aromatic hydroxyl groups is 1. The Labute approximate surface area is 105 Å². The fourth-order valence-electron chi connectivity index (χ4n) is 2.19. The highest BCUT2D eigenvalue weighted by Crippen LogP contribution is 2.27. The quantitative estimate of drug-likeness (QED) is 0.872. The van der Waals surface area contributed by atoms with E-state index >= 15 is 0 Å². The van der Waals surface area contributed by atoms with Crippen molar-refractivity contribution < 1.29 is 9.90 Å². The first kappa shape index (κ1) is 10.8. The number of nitrogens with zero attached hydrogens (tertiary/aromatic N) is 2. The first-order chi connectivity index (χ1) is 8.74. The van der Waals surface area contributed by atoms with Crippen molar-refractivity contribution in [2.24, 2.45) is 0 Å². The van der Waals surface area contributed by atoms with Gasteiger partial charge in [-0.15, -0.1) is 0 Å². The smallest absolute Gasteiger partial charge is 0.254 e. The van der Waals surface area contributed by atoms with E-state index in [1.165, 1.54) is 6.07 Å². The molecule has 0 bridgehead atoms. The predicted octanol–water partition coefficient (Wildman–Crippen LogP) is 1.94. The summed E-state index contributed by atoms with van der Waals surface area (Å²) in [5.74, 6) is 0.0927. The van der Waals surface area contributed by atoms with Crippen molar-refractivity contribution in [3.8, 4) is 5.75 Å². The van der Waals surface area contributed by atoms with Crippen LogP contribution in [-0.2, 0) is 13.1 Å². The molecule has 2 aromatic rings. The standard InChI is InChI=1S/C14H12N2O2/c17-12-4-3-11-9-16(14(18)13(11)6-12)8-10-2-1-5-15-7-10/h1-7,17H,8-9H2. The monoisotopic (exact) mass is 240 g/mol. The minimum atomic E-state index is -0.0373. The average Bonchev–Trinajstić information content (AvgIpc) is 2.68. The molecule has 1 amide bonds. The summed E-state index contributed by atoms with van der Waals surface area (Å²) in [7, 11) is 0. The Kier molecular flexibility index (Phi) is 2.48. The van der Waals surface area contributed by atoms with Gasteiger partial charge in [-0.05, 0) is 29.3 Å². The Balaban J connectivity index is 1.85. The van der Waals surface area contributed by atoms with Crippen LogP contribution < -0.4 is 0 Å². The van der Waals surface area contributed by atoms with Gasteiger partial charge in [0.1, 0.15) is 5.75 Å². The molecule has 0 aliphatic carbocycles. The second kappa shape index (κ2) is 4.14. The van der Waals surface area contributed by atoms with Crippen LogP contribution >= 0.6 is 0 Å². The van der Waals surface area contributed by atoms with Crippen LogP contribution in [0.25, 0.3) is 0 Å². The molecule has 0 saturated carbocycles. The molecule has 0 atom stereocenters. The van der Waals surface area contributed by atoms with Gasteiger partial charge in [-0.3, -0.25) is 9.78 Å². The zero-order chi connectivity index (χ0) is 12.5. The van der Waals surface area contributed by atoms with Crippen molar-refractivity contribution in [3.63, 3.8) is 0 Å². The van der Waals surface area contributed by atoms with Crippen molar-refractivity contribution in [1.29, 1.82) is 0 Å². The van der Waals surface area contributed by atoms with Gasteiger partial charge in [0.05, 0.1) is 0 Å². The van der Waals surface area contributed by atoms with Crippen molar-refractivity contribution >= 4 is 5.91 Å². The number of pyridine rings is 1. The summed E-state index contributed by atoms with van der Waals surface area (Å²) in [5, 5.41) is 9.41. The fraction of sp³-hybridized carbons (Fsp3) is 0.143. The van der Waals surface area contributed by atoms with Gasteiger partial charge in [0.25, 0.3) is 5.91 Å². The van der Waals surface area contributed by atoms with Crippen molar-refractivity contribution in [2.45, 2.75) is 13.1 Å². The third kappa shape index (κ3) is 1.82. The van der Waals surface area contributed by atoms with Crippen LogP contribution in [0.5, 0.6) is 5.75 Å². The summed E-state index contributed by atoms with van der Waals surface area (Å²) in [4.78, 5) is 17.9. The zero-order valence-corrected chi connectivity index (χ0v) is 9.71. The zero-order valence-electron chi connectivity index (χ0n) is 9.71. The van der Waals surface area contributed by atoms with Gasteiger partial charge in [0.2, 0.25) is 0 Å². The maximum atomic E-state index is 12.1. The van der Waals surface area contributed by atoms with Gasteiger partial charge in [-0.25, -0.2) is 0 Å². The number of carbonyl (C=O) groups excluding carboxylic acids is 1. The van der Waals surface area contributed by atoms with E-state index in [1.54, 1.807) is 29.4 Å². The third-order valence-corrected chi connectivity index (χ3v) is 3.07. The number of hydrogen-bond donors (Lipinski definition) is 1. The van der Waals surface area contributed by atoms with Gasteiger partial charge >= 0.3 is 0 Å². The fourth-order valence-corrected chi connectivity index (χ4v) is 2.19. The highest BCUT2D eigenvalue weighted by Gasteiger charge is 2.27. The van der Waals surface area contributed by atoms with E-state index in [4.69, 9.17) is 0 Å². The van der Waals surface area contributed by atoms with E-state index in [1.807, 2.05) is 12.1 Å². The van der Waals surface area contributed by atoms with Crippen LogP contribution in [0.4, 0.5) is 0 Å². The van der Waals surface area contributed by atoms with Crippen LogP contribution in [0, 0.1) is 0 Å². The summed E-state index contributed by atoms with van der Waals surface area (Å²) in [6.45, 7) is 1.13. The Hall–Kier alpha value is -2.36. The molecule has 90 valence electrons. The molecule has 4 nitrogen and oxygen atoms in total. The molecule has 0 saturated heterocycles. The number of phenolic OH excluding ortho intramolecular Hbond substituents is 1. The molecule has 1 aromatic carbocycles. The molecule has 2 heterocycles. The molecule has 0 unspecified atom stereocenters. The largest absolute Gasteiger partial charge is 0.508 e. The van der Waals surface area contributed by atoms with Gasteiger partial charge in [-0.1, -0.05) is 12.1 Å². The second-order valence-electron chi connectivity index (χ2n) is 4.36. The van der Waals surface area contributed by atoms with Crippen molar-refractivity contribution in [1.82, 2.24) is 9.88 Å². The van der Waals surface area contributed by atoms with E-state index in [0.29, 0.717) is 18.7 Å². The van der Waals surface area contributed by atoms with Gasteiger partial charge in [-0.2, -0.15) is 0 Å². The normalized spacial score (nSPS) is 13.8. The van der Waals surface area contributed by atoms with E-state index in [0.717, 1.165) is 11.1 Å². The minimum Gasteiger partial charge on any atom is -0.508 e. The lowest BCUT2D eigenvalue weighted by molar-refractivity contribution is 0.0766. The molecule has 3 rings (SSSR count). The molecular formula is C14H12N2O2. The topological polar surface area (TPSA) is 53.4 Å². The molecule has 1 N–H and O–H groups in total. The van der Waals surface area contributed by atoms with E-state index < -0.39 is 0 Å². The van der Waals surface area contributed by atoms with Gasteiger partial charge in [0, 0.05) is 31.0 Å². The summed E-state index contributed by atoms with van der Waals surface area (Å²) in [5.41, 5.74) is 2.56. The summed E-state index contributed by atoms with van der Waals surface area (Å²) in [6.07, 6.45) is 3.47. The lowest BCUT2D eigenvalue weighted by Crippen LogP contribution is -2.23. The number of fused-ring (bicyclic) bond motifs is 1. The maximum absolute atomic E-state index is 12.1. The van der Waals surface area contributed by atoms with Gasteiger partial charge < -0.3 is 10.0 Å². The van der Waals surface area contributed by atoms with E-state index in [2.05, 4.69) is 4.98 Å². The number of benzene rings is 1. The number of carbonyl (C=O) groups is 1. The van der Waals surface area contributed by atoms with E-state index in [9.17, 15) is 9.90 Å². The number of amides is 1. The Morgan fingerprint density at radius 1 is 1.33 bits per heavy atom. The maximum Gasteiger partial charge on any atom is 0.254 e. The molecular weight excluding hydrogens is 228 g/mol. The average molecular weight is 240 g/mol. The predicted molar refractivity (Wildman–Crippen MR) is 65.9 cm³/mol. The summed E-state index contributed by atoms with van der Waals surface area (Å²) < 4.78 is 0. The molecule has 1 aliphatic rings. The molecule has 0 spiro atoms. The molecule has 1 aliphatic heterocycles. The molecule has 4 heteroatoms. The summed E-state index contributed by atoms with van der Waals surface area (Å²) in [6, 6.07) is 8.74. The molecule has 0 radical (unpaired) electrons. The van der Waals surface area contributed by atoms with Crippen LogP contribution in [0.15, 0.2) is 42.7 Å². The molecule has 1 aromatic heterocycles. The lowest BCUT2D eigenvalue weighted by Gasteiger charge is -2.15. The van der Waals surface area contributed by atoms with Crippen LogP contribution in [0.3, 0.4) is 0 Å². The second-order valence-corrected chi connectivity index (χ2v) is 4.36. The van der Waals surface area contributed by atoms with Crippen LogP contribution in [-0.4, -0.2) is 20.9 Å². The summed E-state index contributed by atoms with van der Waals surface area (Å²) >= 11 is 0. The van der Waals surface area contributed by atoms with Crippen molar-refractivity contribution in [2.75, 3.05) is 0 Å². The van der Waals surface area contributed by atoms with Crippen LogP contribution in [0.1, 0.15) is 21.5 Å². The Morgan fingerprint density at radius 2 is 2.22 bits per heavy atom. The number of phenols is 1. The minimum absolute atomic E-state index is 0.0373. The number of hydrogen-bond acceptors (Lipinski definition) is 3. The number of rotatable bonds is 2. The first-order valence-corrected chi connectivity index (χ1v) is 5.74. The Morgan fingerprint density at radius 3 is 3.00 bits per heavy atom. The highest BCUT2D eigenvalue weighted by molar-refractivity contribution is 5.98. The molecule has 0 fully saturated rings. The SMILES string of the molecule is O=C1c2cc(O)ccc2CN1Cc1cccnc1. The highest BCUT2D eigenvalue weighted by atomic mass is 16.3. The van der Waals surface area contributed by atoms with Gasteiger partial charge in [0.15, 0.2) is 0 Å². The van der Waals surface area contributed by atoms with E-state index in [-0.39, 0.29) is 11.7 Å². The van der Waals surface area contributed by atoms with Crippen LogP contribution in [0.2, 0.25) is 0 Å². The Bertz CT molecular complexity index is 596. The van der Waals surface area contributed by atoms with Crippen molar-refractivity contribution in [3.05, 3.63) is 59.4 Å². The lowest BCUT2D eigenvalue weighted by atomic mass is 10.1. The number of aromatic nitrogens is 1. The first-order valence-electron chi connectivity index (χ1n) is 5.74. The molecule has 18 heavy (non-hydrogen) atoms. The third-order valence-electron chi connectivity index (χ3n) is 3.07.